The number of carbonyl (C=O) groups excluding carboxylic acids is 4. The number of aryl methyl sites for hydroxylation is 4. The quantitative estimate of drug-likeness (QED) is 0.0323. The molecule has 14 heteroatoms. The van der Waals surface area contributed by atoms with Crippen molar-refractivity contribution in [1.82, 2.24) is 34.3 Å². The number of fused-ring (bicyclic) bond motifs is 2. The monoisotopic (exact) mass is 828 g/mol. The van der Waals surface area contributed by atoms with E-state index in [-0.39, 0.29) is 44.3 Å². The fourth-order valence-corrected chi connectivity index (χ4v) is 9.08. The molecule has 0 spiro atoms. The Bertz CT molecular complexity index is 2110. The predicted octanol–water partition coefficient (Wildman–Crippen LogP) is 6.98. The summed E-state index contributed by atoms with van der Waals surface area (Å²) in [5.41, 5.74) is 0.850. The minimum Gasteiger partial charge on any atom is -0.460 e. The van der Waals surface area contributed by atoms with Crippen LogP contribution in [-0.2, 0) is 41.7 Å². The molecular weight excluding hydrogens is 761 g/mol. The molecule has 0 radical (unpaired) electrons. The van der Waals surface area contributed by atoms with E-state index in [1.165, 1.54) is 22.0 Å². The first-order valence-corrected chi connectivity index (χ1v) is 21.4. The standard InChI is InChI=1S/C46H66N8O6/c1-11-29-59-43(57)42(51(9)40(55)21-17-15-20-28-54-34(6)49-36-23-25-48-32-39(36)54)45(8,14-4)46(33(5)13-3,44(58)60-30-12-2)52(10)41(56)22-18-16-19-27-53-35(7)50-37-31-47-26-24-38(37)53/h11-12,23-26,31-33,42H,1-2,13-22,27-30H2,3-10H3/p+1/t33-,42+,45+,46+/m0/s1. The first-order valence-electron chi connectivity index (χ1n) is 21.4. The van der Waals surface area contributed by atoms with Crippen LogP contribution in [0.15, 0.2) is 62.2 Å². The Morgan fingerprint density at radius 3 is 2.25 bits per heavy atom. The Labute approximate surface area is 355 Å². The number of pyridine rings is 2. The Hall–Kier alpha value is -5.40. The summed E-state index contributed by atoms with van der Waals surface area (Å²) in [7, 11) is 3.22. The molecule has 4 atom stereocenters. The maximum absolute atomic E-state index is 14.8. The van der Waals surface area contributed by atoms with Crippen LogP contribution in [0.4, 0.5) is 0 Å². The summed E-state index contributed by atoms with van der Waals surface area (Å²) in [6.07, 6.45) is 15.5. The van der Waals surface area contributed by atoms with E-state index in [2.05, 4.69) is 42.2 Å². The van der Waals surface area contributed by atoms with Gasteiger partial charge in [0, 0.05) is 64.3 Å². The number of ether oxygens (including phenoxy) is 2. The maximum atomic E-state index is 14.8. The van der Waals surface area contributed by atoms with Gasteiger partial charge < -0.3 is 23.8 Å². The van der Waals surface area contributed by atoms with E-state index < -0.39 is 34.9 Å². The second-order valence-corrected chi connectivity index (χ2v) is 16.1. The van der Waals surface area contributed by atoms with E-state index in [9.17, 15) is 19.2 Å². The number of nitrogens with one attached hydrogen (secondary N) is 1. The lowest BCUT2D eigenvalue weighted by molar-refractivity contribution is -0.677. The van der Waals surface area contributed by atoms with E-state index in [4.69, 9.17) is 9.47 Å². The molecule has 14 nitrogen and oxygen atoms in total. The molecule has 60 heavy (non-hydrogen) atoms. The molecule has 1 N–H and O–H groups in total. The van der Waals surface area contributed by atoms with Crippen molar-refractivity contribution in [2.24, 2.45) is 11.3 Å². The molecule has 0 aliphatic rings. The number of aromatic nitrogens is 6. The first kappa shape index (κ1) is 47.3. The van der Waals surface area contributed by atoms with Crippen LogP contribution in [0.2, 0.25) is 0 Å². The largest absolute Gasteiger partial charge is 0.460 e. The van der Waals surface area contributed by atoms with Gasteiger partial charge in [-0.05, 0) is 57.4 Å². The van der Waals surface area contributed by atoms with Crippen molar-refractivity contribution in [3.8, 4) is 0 Å². The van der Waals surface area contributed by atoms with Crippen molar-refractivity contribution in [3.05, 3.63) is 73.9 Å². The number of H-pyrrole nitrogens is 1. The van der Waals surface area contributed by atoms with Crippen LogP contribution < -0.4 is 4.57 Å². The van der Waals surface area contributed by atoms with Gasteiger partial charge in [-0.25, -0.2) is 24.1 Å². The third-order valence-electron chi connectivity index (χ3n) is 12.5. The molecule has 4 heterocycles. The third-order valence-corrected chi connectivity index (χ3v) is 12.5. The topological polar surface area (TPSA) is 156 Å². The average Bonchev–Trinajstić information content (AvgIpc) is 3.75. The molecule has 4 aromatic heterocycles. The zero-order chi connectivity index (χ0) is 44.0. The summed E-state index contributed by atoms with van der Waals surface area (Å²) >= 11 is 0. The number of likely N-dealkylation sites (N-methyl/N-ethyl adjacent to an activating group) is 2. The van der Waals surface area contributed by atoms with Gasteiger partial charge in [0.1, 0.15) is 30.6 Å². The van der Waals surface area contributed by atoms with Crippen molar-refractivity contribution in [3.63, 3.8) is 0 Å². The number of nitrogens with zero attached hydrogens (tertiary/aromatic N) is 7. The molecule has 326 valence electrons. The second-order valence-electron chi connectivity index (χ2n) is 16.1. The van der Waals surface area contributed by atoms with Crippen molar-refractivity contribution >= 4 is 45.8 Å². The van der Waals surface area contributed by atoms with Gasteiger partial charge in [0.2, 0.25) is 11.8 Å². The van der Waals surface area contributed by atoms with Gasteiger partial charge in [0.15, 0.2) is 16.6 Å². The molecule has 2 amide bonds. The minimum atomic E-state index is -1.69. The highest BCUT2D eigenvalue weighted by molar-refractivity contribution is 5.92. The summed E-state index contributed by atoms with van der Waals surface area (Å²) in [5, 5.41) is 0. The van der Waals surface area contributed by atoms with Crippen LogP contribution in [0.5, 0.6) is 0 Å². The van der Waals surface area contributed by atoms with E-state index in [1.54, 1.807) is 32.7 Å². The summed E-state index contributed by atoms with van der Waals surface area (Å²) in [4.78, 5) is 77.3. The normalized spacial score (nSPS) is 14.5. The second kappa shape index (κ2) is 21.7. The molecule has 0 fully saturated rings. The number of esters is 2. The Morgan fingerprint density at radius 2 is 1.57 bits per heavy atom. The van der Waals surface area contributed by atoms with Gasteiger partial charge in [-0.15, -0.1) is 0 Å². The number of imidazole rings is 2. The molecule has 0 aliphatic carbocycles. The van der Waals surface area contributed by atoms with Gasteiger partial charge in [0.05, 0.1) is 24.5 Å². The summed E-state index contributed by atoms with van der Waals surface area (Å²) in [6.45, 7) is 20.3. The van der Waals surface area contributed by atoms with Crippen LogP contribution in [0, 0.1) is 25.2 Å². The van der Waals surface area contributed by atoms with Gasteiger partial charge in [-0.3, -0.25) is 19.6 Å². The Kier molecular flexibility index (Phi) is 17.1. The number of hydrogen-bond acceptors (Lipinski definition) is 9. The van der Waals surface area contributed by atoms with Crippen molar-refractivity contribution in [1.29, 1.82) is 0 Å². The smallest absolute Gasteiger partial charge is 0.333 e. The SMILES string of the molecule is C=CCOC(=O)[C@@H](N(C)C(=O)CCCCC[n+]1c(C)[nH]c2ccncc21)[C@@](C)(CC)[C@](C(=O)OCC=C)([C@@H](C)CC)N(C)C(=O)CCCCCn1c(C)nc2cnccc21. The number of carbonyl (C=O) groups is 4. The molecule has 0 unspecified atom stereocenters. The summed E-state index contributed by atoms with van der Waals surface area (Å²) in [6, 6.07) is 2.65. The van der Waals surface area contributed by atoms with Crippen LogP contribution in [0.3, 0.4) is 0 Å². The molecule has 4 aromatic rings. The Morgan fingerprint density at radius 1 is 0.917 bits per heavy atom. The van der Waals surface area contributed by atoms with E-state index in [0.29, 0.717) is 19.3 Å². The van der Waals surface area contributed by atoms with E-state index >= 15 is 0 Å². The minimum absolute atomic E-state index is 0.0884. The molecule has 4 rings (SSSR count). The number of rotatable bonds is 25. The van der Waals surface area contributed by atoms with Gasteiger partial charge >= 0.3 is 11.9 Å². The van der Waals surface area contributed by atoms with Crippen LogP contribution >= 0.6 is 0 Å². The highest BCUT2D eigenvalue weighted by Crippen LogP contribution is 2.50. The lowest BCUT2D eigenvalue weighted by Crippen LogP contribution is -2.74. The summed E-state index contributed by atoms with van der Waals surface area (Å²) < 4.78 is 16.0. The Balaban J connectivity index is 1.58. The lowest BCUT2D eigenvalue weighted by Gasteiger charge is -2.57. The van der Waals surface area contributed by atoms with Gasteiger partial charge in [-0.1, -0.05) is 65.8 Å². The maximum Gasteiger partial charge on any atom is 0.333 e. The lowest BCUT2D eigenvalue weighted by atomic mass is 9.57. The van der Waals surface area contributed by atoms with Crippen molar-refractivity contribution in [2.45, 2.75) is 130 Å². The van der Waals surface area contributed by atoms with Crippen LogP contribution in [0.1, 0.15) is 104 Å². The van der Waals surface area contributed by atoms with Gasteiger partial charge in [0.25, 0.3) is 5.82 Å². The van der Waals surface area contributed by atoms with Crippen LogP contribution in [0.25, 0.3) is 22.1 Å². The van der Waals surface area contributed by atoms with Crippen molar-refractivity contribution < 1.29 is 33.2 Å². The molecule has 0 aromatic carbocycles. The molecule has 0 bridgehead atoms. The van der Waals surface area contributed by atoms with Crippen molar-refractivity contribution in [2.75, 3.05) is 27.3 Å². The summed E-state index contributed by atoms with van der Waals surface area (Å²) in [5.74, 6) is -0.427. The van der Waals surface area contributed by atoms with E-state index in [0.717, 1.165) is 72.5 Å². The first-order chi connectivity index (χ1) is 28.7. The van der Waals surface area contributed by atoms with Crippen LogP contribution in [-0.4, -0.2) is 96.9 Å². The molecule has 0 saturated heterocycles. The number of aromatic amines is 1. The fraction of sp³-hybridized carbons (Fsp3) is 0.565. The highest BCUT2D eigenvalue weighted by atomic mass is 16.5. The van der Waals surface area contributed by atoms with E-state index in [1.807, 2.05) is 59.9 Å². The predicted molar refractivity (Wildman–Crippen MR) is 232 cm³/mol. The molecule has 0 saturated carbocycles. The zero-order valence-electron chi connectivity index (χ0n) is 37.2. The fourth-order valence-electron chi connectivity index (χ4n) is 9.08. The number of unbranched alkanes of at least 4 members (excludes halogenated alkanes) is 4. The van der Waals surface area contributed by atoms with Gasteiger partial charge in [-0.2, -0.15) is 0 Å². The zero-order valence-corrected chi connectivity index (χ0v) is 37.2. The third kappa shape index (κ3) is 9.96. The highest BCUT2D eigenvalue weighted by Gasteiger charge is 2.66. The molecule has 0 aliphatic heterocycles. The number of hydrogen-bond donors (Lipinski definition) is 1. The molecular formula is C46H67N8O6+. The number of amides is 2. The average molecular weight is 828 g/mol.